The number of aryl methyl sites for hydroxylation is 1. The van der Waals surface area contributed by atoms with E-state index in [2.05, 4.69) is 4.98 Å². The minimum atomic E-state index is -0.366. The molecule has 4 nitrogen and oxygen atoms in total. The number of hydrogen-bond acceptors (Lipinski definition) is 4. The predicted octanol–water partition coefficient (Wildman–Crippen LogP) is 2.86. The number of pyridine rings is 1. The van der Waals surface area contributed by atoms with Crippen molar-refractivity contribution in [2.45, 2.75) is 20.3 Å². The maximum atomic E-state index is 11.7. The molecule has 0 saturated heterocycles. The summed E-state index contributed by atoms with van der Waals surface area (Å²) in [6.07, 6.45) is 3.82. The van der Waals surface area contributed by atoms with E-state index in [1.165, 1.54) is 6.20 Å². The second-order valence-electron chi connectivity index (χ2n) is 4.59. The number of phenols is 1. The van der Waals surface area contributed by atoms with Crippen molar-refractivity contribution in [2.75, 3.05) is 6.61 Å². The maximum Gasteiger partial charge on any atom is 0.339 e. The molecule has 0 fully saturated rings. The van der Waals surface area contributed by atoms with Gasteiger partial charge in [-0.3, -0.25) is 4.98 Å². The van der Waals surface area contributed by atoms with E-state index in [9.17, 15) is 9.90 Å². The van der Waals surface area contributed by atoms with Gasteiger partial charge >= 0.3 is 5.97 Å². The van der Waals surface area contributed by atoms with Crippen molar-refractivity contribution < 1.29 is 14.6 Å². The summed E-state index contributed by atoms with van der Waals surface area (Å²) in [5.41, 5.74) is 3.45. The van der Waals surface area contributed by atoms with Gasteiger partial charge < -0.3 is 9.84 Å². The number of nitrogens with zero attached hydrogens (tertiary/aromatic N) is 1. The fourth-order valence-electron chi connectivity index (χ4n) is 1.98. The van der Waals surface area contributed by atoms with Crippen LogP contribution in [0.15, 0.2) is 36.7 Å². The monoisotopic (exact) mass is 271 g/mol. The summed E-state index contributed by atoms with van der Waals surface area (Å²) in [7, 11) is 0. The second kappa shape index (κ2) is 6.19. The average molecular weight is 271 g/mol. The van der Waals surface area contributed by atoms with Crippen LogP contribution >= 0.6 is 0 Å². The summed E-state index contributed by atoms with van der Waals surface area (Å²) in [6.45, 7) is 4.09. The van der Waals surface area contributed by atoms with E-state index in [-0.39, 0.29) is 11.7 Å². The summed E-state index contributed by atoms with van der Waals surface area (Å²) >= 11 is 0. The van der Waals surface area contributed by atoms with Crippen LogP contribution in [0.25, 0.3) is 0 Å². The number of aromatic hydroxyl groups is 1. The Bertz CT molecular complexity index is 623. The fraction of sp³-hybridized carbons (Fsp3) is 0.250. The van der Waals surface area contributed by atoms with E-state index in [0.717, 1.165) is 16.7 Å². The smallest absolute Gasteiger partial charge is 0.339 e. The molecule has 0 aliphatic carbocycles. The fourth-order valence-corrected chi connectivity index (χ4v) is 1.98. The zero-order valence-electron chi connectivity index (χ0n) is 11.6. The number of carbonyl (C=O) groups is 1. The first-order chi connectivity index (χ1) is 9.60. The molecule has 1 N–H and O–H groups in total. The Balaban J connectivity index is 2.23. The van der Waals surface area contributed by atoms with Crippen molar-refractivity contribution in [3.63, 3.8) is 0 Å². The molecule has 0 radical (unpaired) electrons. The third kappa shape index (κ3) is 3.35. The van der Waals surface area contributed by atoms with Crippen molar-refractivity contribution >= 4 is 5.97 Å². The topological polar surface area (TPSA) is 59.4 Å². The molecule has 0 spiro atoms. The first kappa shape index (κ1) is 14.1. The summed E-state index contributed by atoms with van der Waals surface area (Å²) in [6, 6.07) is 7.03. The highest BCUT2D eigenvalue weighted by molar-refractivity contribution is 5.89. The number of benzene rings is 1. The number of aromatic nitrogens is 1. The Morgan fingerprint density at radius 3 is 2.85 bits per heavy atom. The number of carbonyl (C=O) groups excluding carboxylic acids is 1. The Morgan fingerprint density at radius 1 is 1.30 bits per heavy atom. The van der Waals surface area contributed by atoms with Crippen LogP contribution in [0.4, 0.5) is 0 Å². The van der Waals surface area contributed by atoms with Gasteiger partial charge in [-0.1, -0.05) is 6.07 Å². The molecular formula is C16H17NO3. The van der Waals surface area contributed by atoms with E-state index in [0.29, 0.717) is 18.6 Å². The molecule has 0 unspecified atom stereocenters. The van der Waals surface area contributed by atoms with Crippen LogP contribution in [0.3, 0.4) is 0 Å². The largest absolute Gasteiger partial charge is 0.508 e. The van der Waals surface area contributed by atoms with Crippen molar-refractivity contribution in [3.8, 4) is 5.75 Å². The minimum absolute atomic E-state index is 0.236. The van der Waals surface area contributed by atoms with Crippen LogP contribution in [-0.2, 0) is 11.2 Å². The summed E-state index contributed by atoms with van der Waals surface area (Å²) < 4.78 is 4.96. The normalized spacial score (nSPS) is 10.3. The molecule has 2 rings (SSSR count). The molecular weight excluding hydrogens is 254 g/mol. The van der Waals surface area contributed by atoms with Crippen LogP contribution in [0.2, 0.25) is 0 Å². The van der Waals surface area contributed by atoms with Gasteiger partial charge in [-0.05, 0) is 55.2 Å². The van der Waals surface area contributed by atoms with E-state index < -0.39 is 0 Å². The van der Waals surface area contributed by atoms with Gasteiger partial charge in [0.2, 0.25) is 0 Å². The number of ether oxygens (including phenoxy) is 1. The van der Waals surface area contributed by atoms with E-state index in [1.54, 1.807) is 31.3 Å². The Labute approximate surface area is 118 Å². The molecule has 0 atom stereocenters. The standard InChI is InChI=1S/C16H17NO3/c1-3-20-16(19)14-7-12(9-17-10-14)6-13-8-15(18)5-4-11(13)2/h4-5,7-10,18H,3,6H2,1-2H3. The van der Waals surface area contributed by atoms with Gasteiger partial charge in [0.15, 0.2) is 0 Å². The van der Waals surface area contributed by atoms with Gasteiger partial charge in [-0.15, -0.1) is 0 Å². The van der Waals surface area contributed by atoms with Gasteiger partial charge in [0.25, 0.3) is 0 Å². The molecule has 1 aromatic heterocycles. The summed E-state index contributed by atoms with van der Waals surface area (Å²) in [4.78, 5) is 15.7. The Hall–Kier alpha value is -2.36. The number of phenolic OH excluding ortho intramolecular Hbond substituents is 1. The van der Waals surface area contributed by atoms with Crippen LogP contribution in [0.5, 0.6) is 5.75 Å². The SMILES string of the molecule is CCOC(=O)c1cncc(Cc2cc(O)ccc2C)c1. The Morgan fingerprint density at radius 2 is 2.10 bits per heavy atom. The van der Waals surface area contributed by atoms with Gasteiger partial charge in [0.05, 0.1) is 12.2 Å². The minimum Gasteiger partial charge on any atom is -0.508 e. The molecule has 0 saturated carbocycles. The van der Waals surface area contributed by atoms with Gasteiger partial charge in [0.1, 0.15) is 5.75 Å². The molecule has 0 aliphatic rings. The average Bonchev–Trinajstić information content (AvgIpc) is 2.43. The van der Waals surface area contributed by atoms with Gasteiger partial charge in [-0.25, -0.2) is 4.79 Å². The van der Waals surface area contributed by atoms with Gasteiger partial charge in [-0.2, -0.15) is 0 Å². The van der Waals surface area contributed by atoms with Crippen LogP contribution < -0.4 is 0 Å². The molecule has 0 amide bonds. The zero-order chi connectivity index (χ0) is 14.5. The summed E-state index contributed by atoms with van der Waals surface area (Å²) in [5, 5.41) is 9.54. The number of hydrogen-bond donors (Lipinski definition) is 1. The first-order valence-corrected chi connectivity index (χ1v) is 6.49. The lowest BCUT2D eigenvalue weighted by Crippen LogP contribution is -2.06. The van der Waals surface area contributed by atoms with Gasteiger partial charge in [0, 0.05) is 12.4 Å². The van der Waals surface area contributed by atoms with Crippen molar-refractivity contribution in [1.29, 1.82) is 0 Å². The second-order valence-corrected chi connectivity index (χ2v) is 4.59. The third-order valence-electron chi connectivity index (χ3n) is 3.03. The van der Waals surface area contributed by atoms with E-state index in [4.69, 9.17) is 4.74 Å². The number of esters is 1. The molecule has 0 aliphatic heterocycles. The number of rotatable bonds is 4. The molecule has 0 bridgehead atoms. The summed E-state index contributed by atoms with van der Waals surface area (Å²) in [5.74, 6) is -0.130. The predicted molar refractivity (Wildman–Crippen MR) is 75.8 cm³/mol. The van der Waals surface area contributed by atoms with Crippen molar-refractivity contribution in [3.05, 3.63) is 58.9 Å². The van der Waals surface area contributed by atoms with E-state index in [1.807, 2.05) is 13.0 Å². The molecule has 104 valence electrons. The van der Waals surface area contributed by atoms with Crippen molar-refractivity contribution in [2.24, 2.45) is 0 Å². The molecule has 1 heterocycles. The van der Waals surface area contributed by atoms with Crippen LogP contribution in [0.1, 0.15) is 34.0 Å². The lowest BCUT2D eigenvalue weighted by Gasteiger charge is -2.08. The molecule has 1 aromatic carbocycles. The maximum absolute atomic E-state index is 11.7. The quantitative estimate of drug-likeness (QED) is 0.869. The zero-order valence-corrected chi connectivity index (χ0v) is 11.6. The molecule has 20 heavy (non-hydrogen) atoms. The van der Waals surface area contributed by atoms with Crippen LogP contribution in [-0.4, -0.2) is 22.7 Å². The van der Waals surface area contributed by atoms with E-state index >= 15 is 0 Å². The highest BCUT2D eigenvalue weighted by atomic mass is 16.5. The van der Waals surface area contributed by atoms with Crippen molar-refractivity contribution in [1.82, 2.24) is 4.98 Å². The molecule has 2 aromatic rings. The third-order valence-corrected chi connectivity index (χ3v) is 3.03. The first-order valence-electron chi connectivity index (χ1n) is 6.49. The Kier molecular flexibility index (Phi) is 4.35. The van der Waals surface area contributed by atoms with Crippen LogP contribution in [0, 0.1) is 6.92 Å². The lowest BCUT2D eigenvalue weighted by molar-refractivity contribution is 0.0525. The molecule has 4 heteroatoms. The lowest BCUT2D eigenvalue weighted by atomic mass is 10.0. The highest BCUT2D eigenvalue weighted by Crippen LogP contribution is 2.19. The highest BCUT2D eigenvalue weighted by Gasteiger charge is 2.09.